The average Bonchev–Trinajstić information content (AvgIpc) is 2.46. The van der Waals surface area contributed by atoms with E-state index in [0.29, 0.717) is 18.0 Å². The van der Waals surface area contributed by atoms with E-state index in [1.54, 1.807) is 6.07 Å². The Morgan fingerprint density at radius 3 is 2.87 bits per heavy atom. The second-order valence-electron chi connectivity index (χ2n) is 6.21. The zero-order valence-corrected chi connectivity index (χ0v) is 15.7. The summed E-state index contributed by atoms with van der Waals surface area (Å²) in [4.78, 5) is 12.1. The van der Waals surface area contributed by atoms with Crippen molar-refractivity contribution in [2.45, 2.75) is 31.7 Å². The summed E-state index contributed by atoms with van der Waals surface area (Å²) in [6, 6.07) is 4.64. The van der Waals surface area contributed by atoms with Gasteiger partial charge in [-0.25, -0.2) is 4.39 Å². The average molecular weight is 381 g/mol. The maximum absolute atomic E-state index is 13.1. The molecule has 1 amide bonds. The lowest BCUT2D eigenvalue weighted by atomic mass is 9.84. The summed E-state index contributed by atoms with van der Waals surface area (Å²) in [5.74, 6) is 1.76. The standard InChI is InChI=1S/C16H22ClFN2OS.ClH/c1-16(2,13-4-3-11(18)7-14(13)17)10-20-15(21)8-12-9-22-6-5-19-12;/h3-4,7,12,19H,5-6,8-10H2,1-2H3,(H,20,21);1H. The molecular formula is C16H23Cl2FN2OS. The van der Waals surface area contributed by atoms with Crippen LogP contribution in [0.5, 0.6) is 0 Å². The Balaban J connectivity index is 0.00000264. The number of thioether (sulfide) groups is 1. The highest BCUT2D eigenvalue weighted by Gasteiger charge is 2.25. The van der Waals surface area contributed by atoms with Gasteiger partial charge in [0.1, 0.15) is 5.82 Å². The summed E-state index contributed by atoms with van der Waals surface area (Å²) in [5.41, 5.74) is 0.483. The van der Waals surface area contributed by atoms with Gasteiger partial charge in [-0.2, -0.15) is 11.8 Å². The van der Waals surface area contributed by atoms with E-state index in [1.165, 1.54) is 12.1 Å². The van der Waals surface area contributed by atoms with Crippen LogP contribution in [0.25, 0.3) is 0 Å². The van der Waals surface area contributed by atoms with Crippen molar-refractivity contribution in [2.24, 2.45) is 0 Å². The van der Waals surface area contributed by atoms with Gasteiger partial charge in [-0.15, -0.1) is 12.4 Å². The van der Waals surface area contributed by atoms with E-state index in [1.807, 2.05) is 25.6 Å². The van der Waals surface area contributed by atoms with E-state index >= 15 is 0 Å². The fourth-order valence-electron chi connectivity index (χ4n) is 2.50. The number of carbonyl (C=O) groups is 1. The quantitative estimate of drug-likeness (QED) is 0.822. The van der Waals surface area contributed by atoms with Gasteiger partial charge in [0.25, 0.3) is 0 Å². The van der Waals surface area contributed by atoms with Crippen molar-refractivity contribution in [1.29, 1.82) is 0 Å². The Morgan fingerprint density at radius 1 is 1.52 bits per heavy atom. The van der Waals surface area contributed by atoms with E-state index in [9.17, 15) is 9.18 Å². The van der Waals surface area contributed by atoms with Gasteiger partial charge in [-0.3, -0.25) is 4.79 Å². The van der Waals surface area contributed by atoms with Crippen LogP contribution in [0.4, 0.5) is 4.39 Å². The zero-order valence-electron chi connectivity index (χ0n) is 13.3. The molecule has 0 aromatic heterocycles. The van der Waals surface area contributed by atoms with Gasteiger partial charge in [0, 0.05) is 47.5 Å². The molecule has 0 bridgehead atoms. The molecule has 0 saturated carbocycles. The van der Waals surface area contributed by atoms with Crippen LogP contribution in [0.15, 0.2) is 18.2 Å². The Labute approximate surface area is 152 Å². The van der Waals surface area contributed by atoms with Crippen molar-refractivity contribution in [1.82, 2.24) is 10.6 Å². The van der Waals surface area contributed by atoms with E-state index < -0.39 is 0 Å². The minimum atomic E-state index is -0.352. The minimum absolute atomic E-state index is 0. The third-order valence-corrected chi connectivity index (χ3v) is 5.26. The maximum atomic E-state index is 13.1. The van der Waals surface area contributed by atoms with Crippen molar-refractivity contribution in [3.63, 3.8) is 0 Å². The first-order valence-electron chi connectivity index (χ1n) is 7.42. The second kappa shape index (κ2) is 9.11. The van der Waals surface area contributed by atoms with Gasteiger partial charge < -0.3 is 10.6 Å². The molecule has 1 aromatic rings. The SMILES string of the molecule is CC(C)(CNC(=O)CC1CSCCN1)c1ccc(F)cc1Cl.Cl. The Hall–Kier alpha value is -0.490. The van der Waals surface area contributed by atoms with Gasteiger partial charge >= 0.3 is 0 Å². The molecule has 2 rings (SSSR count). The molecule has 1 fully saturated rings. The minimum Gasteiger partial charge on any atom is -0.355 e. The lowest BCUT2D eigenvalue weighted by molar-refractivity contribution is -0.121. The van der Waals surface area contributed by atoms with E-state index in [2.05, 4.69) is 10.6 Å². The van der Waals surface area contributed by atoms with Crippen LogP contribution in [0.1, 0.15) is 25.8 Å². The fraction of sp³-hybridized carbons (Fsp3) is 0.562. The van der Waals surface area contributed by atoms with Crippen LogP contribution in [0, 0.1) is 5.82 Å². The lowest BCUT2D eigenvalue weighted by Crippen LogP contribution is -2.43. The summed E-state index contributed by atoms with van der Waals surface area (Å²) >= 11 is 7.99. The number of amides is 1. The molecule has 1 unspecified atom stereocenters. The molecule has 130 valence electrons. The zero-order chi connectivity index (χ0) is 16.2. The molecule has 1 aliphatic heterocycles. The Bertz CT molecular complexity index is 537. The van der Waals surface area contributed by atoms with Crippen molar-refractivity contribution >= 4 is 41.7 Å². The molecule has 1 heterocycles. The van der Waals surface area contributed by atoms with E-state index in [0.717, 1.165) is 23.6 Å². The first-order valence-corrected chi connectivity index (χ1v) is 8.95. The van der Waals surface area contributed by atoms with Crippen molar-refractivity contribution < 1.29 is 9.18 Å². The van der Waals surface area contributed by atoms with Gasteiger partial charge in [0.2, 0.25) is 5.91 Å². The molecule has 1 aliphatic rings. The van der Waals surface area contributed by atoms with Gasteiger partial charge in [-0.1, -0.05) is 31.5 Å². The van der Waals surface area contributed by atoms with Crippen LogP contribution < -0.4 is 10.6 Å². The molecule has 2 N–H and O–H groups in total. The largest absolute Gasteiger partial charge is 0.355 e. The second-order valence-corrected chi connectivity index (χ2v) is 7.77. The van der Waals surface area contributed by atoms with Crippen molar-refractivity contribution in [3.05, 3.63) is 34.6 Å². The third kappa shape index (κ3) is 6.14. The Morgan fingerprint density at radius 2 is 2.26 bits per heavy atom. The number of benzene rings is 1. The van der Waals surface area contributed by atoms with E-state index in [4.69, 9.17) is 11.6 Å². The number of nitrogens with one attached hydrogen (secondary N) is 2. The maximum Gasteiger partial charge on any atom is 0.221 e. The molecule has 7 heteroatoms. The number of carbonyl (C=O) groups excluding carboxylic acids is 1. The van der Waals surface area contributed by atoms with Crippen LogP contribution >= 0.6 is 35.8 Å². The third-order valence-electron chi connectivity index (χ3n) is 3.82. The molecule has 0 aliphatic carbocycles. The van der Waals surface area contributed by atoms with Crippen LogP contribution in [-0.4, -0.2) is 36.5 Å². The van der Waals surface area contributed by atoms with Gasteiger partial charge in [-0.05, 0) is 17.7 Å². The molecule has 23 heavy (non-hydrogen) atoms. The molecule has 1 aromatic carbocycles. The van der Waals surface area contributed by atoms with E-state index in [-0.39, 0.29) is 35.6 Å². The van der Waals surface area contributed by atoms with Crippen LogP contribution in [-0.2, 0) is 10.2 Å². The molecular weight excluding hydrogens is 358 g/mol. The van der Waals surface area contributed by atoms with Gasteiger partial charge in [0.05, 0.1) is 0 Å². The molecule has 3 nitrogen and oxygen atoms in total. The lowest BCUT2D eigenvalue weighted by Gasteiger charge is -2.28. The summed E-state index contributed by atoms with van der Waals surface area (Å²) < 4.78 is 13.1. The summed E-state index contributed by atoms with van der Waals surface area (Å²) in [6.45, 7) is 5.40. The van der Waals surface area contributed by atoms with Gasteiger partial charge in [0.15, 0.2) is 0 Å². The van der Waals surface area contributed by atoms with Crippen molar-refractivity contribution in [2.75, 3.05) is 24.6 Å². The predicted octanol–water partition coefficient (Wildman–Crippen LogP) is 3.39. The normalized spacial score (nSPS) is 18.2. The number of hydrogen-bond donors (Lipinski definition) is 2. The smallest absolute Gasteiger partial charge is 0.221 e. The fourth-order valence-corrected chi connectivity index (χ4v) is 3.87. The monoisotopic (exact) mass is 380 g/mol. The molecule has 1 atom stereocenters. The Kier molecular flexibility index (Phi) is 8.14. The number of hydrogen-bond acceptors (Lipinski definition) is 3. The van der Waals surface area contributed by atoms with Crippen LogP contribution in [0.3, 0.4) is 0 Å². The number of rotatable bonds is 5. The summed E-state index contributed by atoms with van der Waals surface area (Å²) in [7, 11) is 0. The first-order chi connectivity index (χ1) is 10.4. The first kappa shape index (κ1) is 20.6. The highest BCUT2D eigenvalue weighted by atomic mass is 35.5. The summed E-state index contributed by atoms with van der Waals surface area (Å²) in [6.07, 6.45) is 0.486. The molecule has 0 spiro atoms. The highest BCUT2D eigenvalue weighted by molar-refractivity contribution is 7.99. The molecule has 0 radical (unpaired) electrons. The van der Waals surface area contributed by atoms with Crippen molar-refractivity contribution in [3.8, 4) is 0 Å². The highest BCUT2D eigenvalue weighted by Crippen LogP contribution is 2.30. The predicted molar refractivity (Wildman–Crippen MR) is 98.4 cm³/mol. The molecule has 1 saturated heterocycles. The summed E-state index contributed by atoms with van der Waals surface area (Å²) in [5, 5.41) is 6.71. The topological polar surface area (TPSA) is 41.1 Å². The van der Waals surface area contributed by atoms with Crippen LogP contribution in [0.2, 0.25) is 5.02 Å². The number of halogens is 3.